The molecule has 0 aromatic carbocycles. The molecule has 3 N–H and O–H groups in total. The molecule has 7 heteroatoms. The zero-order valence-corrected chi connectivity index (χ0v) is 13.8. The molecule has 1 fully saturated rings. The molecule has 0 bridgehead atoms. The van der Waals surface area contributed by atoms with Gasteiger partial charge in [0.15, 0.2) is 5.84 Å². The fourth-order valence-corrected chi connectivity index (χ4v) is 3.78. The number of nitrogens with two attached hydrogens (primary N) is 1. The van der Waals surface area contributed by atoms with Gasteiger partial charge in [0.05, 0.1) is 4.75 Å². The van der Waals surface area contributed by atoms with Crippen molar-refractivity contribution in [3.63, 3.8) is 0 Å². The predicted octanol–water partition coefficient (Wildman–Crippen LogP) is 2.29. The largest absolute Gasteiger partial charge is 0.409 e. The lowest BCUT2D eigenvalue weighted by Gasteiger charge is -2.39. The van der Waals surface area contributed by atoms with E-state index in [0.29, 0.717) is 5.84 Å². The van der Waals surface area contributed by atoms with Gasteiger partial charge < -0.3 is 10.9 Å². The maximum absolute atomic E-state index is 8.94. The highest BCUT2D eigenvalue weighted by Gasteiger charge is 2.38. The zero-order valence-electron chi connectivity index (χ0n) is 11.4. The fourth-order valence-electron chi connectivity index (χ4n) is 2.53. The van der Waals surface area contributed by atoms with Gasteiger partial charge in [-0.25, -0.2) is 0 Å². The molecule has 1 aromatic heterocycles. The SMILES string of the molecule is CSC1(/C(N)=N/O)CCN(Cc2cncc(Br)c2)CC1. The van der Waals surface area contributed by atoms with Crippen LogP contribution < -0.4 is 5.73 Å². The molecule has 20 heavy (non-hydrogen) atoms. The Bertz CT molecular complexity index is 489. The summed E-state index contributed by atoms with van der Waals surface area (Å²) in [6.07, 6.45) is 7.49. The maximum atomic E-state index is 8.94. The molecule has 110 valence electrons. The lowest BCUT2D eigenvalue weighted by molar-refractivity contribution is 0.209. The van der Waals surface area contributed by atoms with Crippen molar-refractivity contribution in [2.45, 2.75) is 24.1 Å². The molecular weight excluding hydrogens is 340 g/mol. The van der Waals surface area contributed by atoms with Crippen LogP contribution in [0, 0.1) is 0 Å². The number of piperidine rings is 1. The second-order valence-corrected chi connectivity index (χ2v) is 7.08. The van der Waals surface area contributed by atoms with Crippen molar-refractivity contribution in [1.29, 1.82) is 0 Å². The minimum absolute atomic E-state index is 0.221. The van der Waals surface area contributed by atoms with Crippen molar-refractivity contribution in [3.05, 3.63) is 28.5 Å². The zero-order chi connectivity index (χ0) is 14.6. The summed E-state index contributed by atoms with van der Waals surface area (Å²) in [5, 5.41) is 12.2. The van der Waals surface area contributed by atoms with Crippen molar-refractivity contribution in [1.82, 2.24) is 9.88 Å². The normalized spacial score (nSPS) is 20.0. The standard InChI is InChI=1S/C13H19BrN4OS/c1-20-13(12(15)17-19)2-4-18(5-3-13)9-10-6-11(14)8-16-7-10/h6-8,19H,2-5,9H2,1H3,(H2,15,17). The third-order valence-electron chi connectivity index (χ3n) is 3.80. The number of hydrogen-bond acceptors (Lipinski definition) is 5. The van der Waals surface area contributed by atoms with Gasteiger partial charge in [0.1, 0.15) is 0 Å². The van der Waals surface area contributed by atoms with E-state index in [4.69, 9.17) is 10.9 Å². The van der Waals surface area contributed by atoms with Crippen molar-refractivity contribution < 1.29 is 5.21 Å². The van der Waals surface area contributed by atoms with Crippen LogP contribution in [-0.4, -0.2) is 45.0 Å². The number of aromatic nitrogens is 1. The van der Waals surface area contributed by atoms with Gasteiger partial charge in [-0.3, -0.25) is 9.88 Å². The molecule has 0 unspecified atom stereocenters. The number of rotatable bonds is 4. The molecule has 5 nitrogen and oxygen atoms in total. The summed E-state index contributed by atoms with van der Waals surface area (Å²) in [6.45, 7) is 2.75. The first kappa shape index (κ1) is 15.6. The lowest BCUT2D eigenvalue weighted by Crippen LogP contribution is -2.49. The smallest absolute Gasteiger partial charge is 0.155 e. The first-order valence-electron chi connectivity index (χ1n) is 6.44. The summed E-state index contributed by atoms with van der Waals surface area (Å²) in [7, 11) is 0. The summed E-state index contributed by atoms with van der Waals surface area (Å²) in [5.41, 5.74) is 7.05. The Kier molecular flexibility index (Phi) is 5.29. The first-order valence-corrected chi connectivity index (χ1v) is 8.46. The van der Waals surface area contributed by atoms with Crippen LogP contribution in [0.3, 0.4) is 0 Å². The van der Waals surface area contributed by atoms with Crippen molar-refractivity contribution in [2.75, 3.05) is 19.3 Å². The van der Waals surface area contributed by atoms with Gasteiger partial charge in [-0.2, -0.15) is 11.8 Å². The molecule has 0 spiro atoms. The number of nitrogens with zero attached hydrogens (tertiary/aromatic N) is 3. The molecule has 0 aliphatic carbocycles. The van der Waals surface area contributed by atoms with Gasteiger partial charge in [-0.1, -0.05) is 5.16 Å². The molecule has 0 amide bonds. The number of amidine groups is 1. The van der Waals surface area contributed by atoms with E-state index >= 15 is 0 Å². The van der Waals surface area contributed by atoms with E-state index in [-0.39, 0.29) is 4.75 Å². The number of thioether (sulfide) groups is 1. The summed E-state index contributed by atoms with van der Waals surface area (Å²) >= 11 is 5.11. The van der Waals surface area contributed by atoms with Crippen LogP contribution in [0.2, 0.25) is 0 Å². The van der Waals surface area contributed by atoms with Crippen LogP contribution in [0.5, 0.6) is 0 Å². The van der Waals surface area contributed by atoms with Gasteiger partial charge in [-0.15, -0.1) is 0 Å². The topological polar surface area (TPSA) is 74.7 Å². The van der Waals surface area contributed by atoms with E-state index in [2.05, 4.69) is 37.0 Å². The predicted molar refractivity (Wildman–Crippen MR) is 86.1 cm³/mol. The highest BCUT2D eigenvalue weighted by Crippen LogP contribution is 2.35. The summed E-state index contributed by atoms with van der Waals surface area (Å²) in [4.78, 5) is 6.56. The quantitative estimate of drug-likeness (QED) is 0.373. The molecule has 1 aliphatic heterocycles. The number of pyridine rings is 1. The van der Waals surface area contributed by atoms with Crippen LogP contribution in [0.1, 0.15) is 18.4 Å². The van der Waals surface area contributed by atoms with Crippen LogP contribution in [0.4, 0.5) is 0 Å². The van der Waals surface area contributed by atoms with Gasteiger partial charge in [-0.05, 0) is 46.7 Å². The molecule has 2 heterocycles. The molecule has 0 atom stereocenters. The van der Waals surface area contributed by atoms with E-state index in [9.17, 15) is 0 Å². The monoisotopic (exact) mass is 358 g/mol. The number of halogens is 1. The average molecular weight is 359 g/mol. The summed E-state index contributed by atoms with van der Waals surface area (Å²) in [5.74, 6) is 0.341. The Balaban J connectivity index is 1.97. The molecular formula is C13H19BrN4OS. The van der Waals surface area contributed by atoms with Crippen molar-refractivity contribution >= 4 is 33.5 Å². The number of hydrogen-bond donors (Lipinski definition) is 2. The van der Waals surface area contributed by atoms with Gasteiger partial charge in [0.2, 0.25) is 0 Å². The van der Waals surface area contributed by atoms with E-state index in [1.54, 1.807) is 18.0 Å². The van der Waals surface area contributed by atoms with E-state index in [0.717, 1.165) is 36.9 Å². The number of oxime groups is 1. The Hall–Kier alpha value is -0.790. The van der Waals surface area contributed by atoms with E-state index in [1.807, 2.05) is 12.5 Å². The Labute approximate surface area is 131 Å². The minimum atomic E-state index is -0.221. The molecule has 2 rings (SSSR count). The summed E-state index contributed by atoms with van der Waals surface area (Å²) in [6, 6.07) is 2.09. The summed E-state index contributed by atoms with van der Waals surface area (Å²) < 4.78 is 0.781. The second-order valence-electron chi connectivity index (χ2n) is 4.97. The molecule has 1 aliphatic rings. The Morgan fingerprint density at radius 2 is 2.25 bits per heavy atom. The third kappa shape index (κ3) is 3.45. The molecule has 1 saturated heterocycles. The number of likely N-dealkylation sites (tertiary alicyclic amines) is 1. The minimum Gasteiger partial charge on any atom is -0.409 e. The fraction of sp³-hybridized carbons (Fsp3) is 0.538. The Morgan fingerprint density at radius 3 is 2.80 bits per heavy atom. The van der Waals surface area contributed by atoms with Crippen LogP contribution >= 0.6 is 27.7 Å². The highest BCUT2D eigenvalue weighted by molar-refractivity contribution is 9.10. The van der Waals surface area contributed by atoms with Crippen molar-refractivity contribution in [3.8, 4) is 0 Å². The van der Waals surface area contributed by atoms with Crippen LogP contribution in [-0.2, 0) is 6.54 Å². The Morgan fingerprint density at radius 1 is 1.55 bits per heavy atom. The highest BCUT2D eigenvalue weighted by atomic mass is 79.9. The van der Waals surface area contributed by atoms with Gasteiger partial charge in [0.25, 0.3) is 0 Å². The van der Waals surface area contributed by atoms with E-state index < -0.39 is 0 Å². The first-order chi connectivity index (χ1) is 9.59. The van der Waals surface area contributed by atoms with Crippen molar-refractivity contribution in [2.24, 2.45) is 10.9 Å². The molecule has 0 saturated carbocycles. The average Bonchev–Trinajstić information content (AvgIpc) is 2.47. The van der Waals surface area contributed by atoms with Crippen LogP contribution in [0.25, 0.3) is 0 Å². The second kappa shape index (κ2) is 6.78. The van der Waals surface area contributed by atoms with Crippen LogP contribution in [0.15, 0.2) is 28.1 Å². The molecule has 1 aromatic rings. The van der Waals surface area contributed by atoms with Gasteiger partial charge in [0, 0.05) is 36.5 Å². The lowest BCUT2D eigenvalue weighted by atomic mass is 9.94. The third-order valence-corrected chi connectivity index (χ3v) is 5.63. The maximum Gasteiger partial charge on any atom is 0.155 e. The van der Waals surface area contributed by atoms with Gasteiger partial charge >= 0.3 is 0 Å². The van der Waals surface area contributed by atoms with E-state index in [1.165, 1.54) is 5.56 Å². The molecule has 0 radical (unpaired) electrons.